The third-order valence-electron chi connectivity index (χ3n) is 3.11. The van der Waals surface area contributed by atoms with Crippen molar-refractivity contribution in [3.8, 4) is 0 Å². The standard InChI is InChI=1S/C16H22O5/c1-5-8-9-10-14(18)21-16-13(7-3)20-12(6-2)15(16)19-11(4)17/h5-7,12-13,15-16H,1-3,8-10H2,4H3/t12-,13+,15+,16-/m1/s1. The minimum absolute atomic E-state index is 0.276. The molecule has 1 aliphatic heterocycles. The van der Waals surface area contributed by atoms with E-state index in [0.29, 0.717) is 6.42 Å². The van der Waals surface area contributed by atoms with Gasteiger partial charge in [0.15, 0.2) is 12.2 Å². The number of ether oxygens (including phenoxy) is 3. The van der Waals surface area contributed by atoms with Crippen molar-refractivity contribution in [2.24, 2.45) is 0 Å². The Kier molecular flexibility index (Phi) is 6.88. The van der Waals surface area contributed by atoms with Crippen LogP contribution in [0, 0.1) is 0 Å². The molecule has 0 aromatic heterocycles. The van der Waals surface area contributed by atoms with Gasteiger partial charge in [-0.25, -0.2) is 0 Å². The Morgan fingerprint density at radius 3 is 2.14 bits per heavy atom. The fourth-order valence-electron chi connectivity index (χ4n) is 2.15. The van der Waals surface area contributed by atoms with E-state index in [1.807, 2.05) is 0 Å². The first kappa shape index (κ1) is 17.2. The summed E-state index contributed by atoms with van der Waals surface area (Å²) in [6.07, 6.45) is 4.02. The zero-order valence-corrected chi connectivity index (χ0v) is 12.3. The molecule has 1 rings (SSSR count). The van der Waals surface area contributed by atoms with Gasteiger partial charge >= 0.3 is 11.9 Å². The van der Waals surface area contributed by atoms with Gasteiger partial charge in [-0.2, -0.15) is 0 Å². The minimum atomic E-state index is -0.703. The van der Waals surface area contributed by atoms with E-state index in [0.717, 1.165) is 6.42 Å². The van der Waals surface area contributed by atoms with Crippen LogP contribution in [0.4, 0.5) is 0 Å². The van der Waals surface area contributed by atoms with Gasteiger partial charge in [0.25, 0.3) is 0 Å². The van der Waals surface area contributed by atoms with Crippen molar-refractivity contribution in [1.29, 1.82) is 0 Å². The lowest BCUT2D eigenvalue weighted by atomic mass is 10.1. The molecular weight excluding hydrogens is 272 g/mol. The van der Waals surface area contributed by atoms with Crippen LogP contribution in [0.25, 0.3) is 0 Å². The zero-order valence-electron chi connectivity index (χ0n) is 12.3. The molecule has 1 heterocycles. The zero-order chi connectivity index (χ0) is 15.8. The maximum atomic E-state index is 11.8. The molecule has 0 amide bonds. The molecular formula is C16H22O5. The Morgan fingerprint density at radius 2 is 1.67 bits per heavy atom. The summed E-state index contributed by atoms with van der Waals surface area (Å²) in [5, 5.41) is 0. The second-order valence-electron chi connectivity index (χ2n) is 4.75. The molecule has 5 nitrogen and oxygen atoms in total. The third kappa shape index (κ3) is 4.86. The second-order valence-corrected chi connectivity index (χ2v) is 4.75. The fraction of sp³-hybridized carbons (Fsp3) is 0.500. The SMILES string of the molecule is C=CCCCC(=O)O[C@H]1[C@@H](OC(C)=O)[C@@H](C=C)O[C@H]1C=C. The summed E-state index contributed by atoms with van der Waals surface area (Å²) < 4.78 is 16.2. The lowest BCUT2D eigenvalue weighted by Gasteiger charge is -2.22. The second kappa shape index (κ2) is 8.42. The van der Waals surface area contributed by atoms with E-state index in [1.165, 1.54) is 19.1 Å². The van der Waals surface area contributed by atoms with Gasteiger partial charge in [0.05, 0.1) is 0 Å². The van der Waals surface area contributed by atoms with E-state index >= 15 is 0 Å². The molecule has 0 saturated carbocycles. The summed E-state index contributed by atoms with van der Waals surface area (Å²) in [4.78, 5) is 23.1. The van der Waals surface area contributed by atoms with Crippen molar-refractivity contribution < 1.29 is 23.8 Å². The van der Waals surface area contributed by atoms with E-state index in [2.05, 4.69) is 19.7 Å². The highest BCUT2D eigenvalue weighted by Gasteiger charge is 2.46. The van der Waals surface area contributed by atoms with Crippen molar-refractivity contribution in [1.82, 2.24) is 0 Å². The van der Waals surface area contributed by atoms with Gasteiger partial charge in [-0.1, -0.05) is 18.2 Å². The van der Waals surface area contributed by atoms with Gasteiger partial charge in [0.2, 0.25) is 0 Å². The molecule has 4 atom stereocenters. The summed E-state index contributed by atoms with van der Waals surface area (Å²) in [7, 11) is 0. The van der Waals surface area contributed by atoms with Crippen LogP contribution >= 0.6 is 0 Å². The van der Waals surface area contributed by atoms with E-state index in [9.17, 15) is 9.59 Å². The van der Waals surface area contributed by atoms with Gasteiger partial charge in [0.1, 0.15) is 12.2 Å². The monoisotopic (exact) mass is 294 g/mol. The molecule has 0 unspecified atom stereocenters. The van der Waals surface area contributed by atoms with Crippen molar-refractivity contribution in [3.05, 3.63) is 38.0 Å². The van der Waals surface area contributed by atoms with Gasteiger partial charge in [-0.15, -0.1) is 19.7 Å². The Bertz CT molecular complexity index is 415. The van der Waals surface area contributed by atoms with Crippen molar-refractivity contribution in [2.75, 3.05) is 0 Å². The van der Waals surface area contributed by atoms with Gasteiger partial charge < -0.3 is 14.2 Å². The normalized spacial score (nSPS) is 27.7. The Labute approximate surface area is 125 Å². The van der Waals surface area contributed by atoms with Crippen LogP contribution in [0.1, 0.15) is 26.2 Å². The largest absolute Gasteiger partial charge is 0.455 e. The van der Waals surface area contributed by atoms with Crippen LogP contribution in [-0.4, -0.2) is 36.4 Å². The summed E-state index contributed by atoms with van der Waals surface area (Å²) in [6, 6.07) is 0. The molecule has 1 aliphatic rings. The van der Waals surface area contributed by atoms with E-state index in [1.54, 1.807) is 6.08 Å². The van der Waals surface area contributed by atoms with Gasteiger partial charge in [-0.05, 0) is 12.8 Å². The Morgan fingerprint density at radius 1 is 1.10 bits per heavy atom. The van der Waals surface area contributed by atoms with Gasteiger partial charge in [0, 0.05) is 13.3 Å². The molecule has 1 fully saturated rings. The first-order valence-corrected chi connectivity index (χ1v) is 6.91. The smallest absolute Gasteiger partial charge is 0.306 e. The first-order chi connectivity index (χ1) is 10.0. The molecule has 0 bridgehead atoms. The quantitative estimate of drug-likeness (QED) is 0.390. The average Bonchev–Trinajstić information content (AvgIpc) is 2.76. The Balaban J connectivity index is 2.74. The maximum Gasteiger partial charge on any atom is 0.306 e. The van der Waals surface area contributed by atoms with Crippen LogP contribution in [0.2, 0.25) is 0 Å². The van der Waals surface area contributed by atoms with Crippen LogP contribution in [0.3, 0.4) is 0 Å². The van der Waals surface area contributed by atoms with Crippen molar-refractivity contribution in [3.63, 3.8) is 0 Å². The molecule has 0 aliphatic carbocycles. The Hall–Kier alpha value is -1.88. The number of hydrogen-bond donors (Lipinski definition) is 0. The summed E-state index contributed by atoms with van der Waals surface area (Å²) in [5.41, 5.74) is 0. The van der Waals surface area contributed by atoms with E-state index in [4.69, 9.17) is 14.2 Å². The topological polar surface area (TPSA) is 61.8 Å². The lowest BCUT2D eigenvalue weighted by molar-refractivity contribution is -0.164. The number of carbonyl (C=O) groups excluding carboxylic acids is 2. The number of carbonyl (C=O) groups is 2. The average molecular weight is 294 g/mol. The number of unbranched alkanes of at least 4 members (excludes halogenated alkanes) is 1. The van der Waals surface area contributed by atoms with Gasteiger partial charge in [-0.3, -0.25) is 9.59 Å². The molecule has 0 radical (unpaired) electrons. The van der Waals surface area contributed by atoms with E-state index < -0.39 is 30.4 Å². The molecule has 1 saturated heterocycles. The number of allylic oxidation sites excluding steroid dienone is 1. The van der Waals surface area contributed by atoms with Crippen LogP contribution in [-0.2, 0) is 23.8 Å². The summed E-state index contributed by atoms with van der Waals surface area (Å²) in [5.74, 6) is -0.827. The number of hydrogen-bond acceptors (Lipinski definition) is 5. The molecule has 0 spiro atoms. The molecule has 0 aromatic carbocycles. The molecule has 21 heavy (non-hydrogen) atoms. The van der Waals surface area contributed by atoms with Crippen molar-refractivity contribution in [2.45, 2.75) is 50.6 Å². The summed E-state index contributed by atoms with van der Waals surface area (Å²) in [6.45, 7) is 12.2. The molecule has 0 aromatic rings. The molecule has 0 N–H and O–H groups in total. The molecule has 5 heteroatoms. The number of esters is 2. The van der Waals surface area contributed by atoms with Crippen molar-refractivity contribution >= 4 is 11.9 Å². The fourth-order valence-corrected chi connectivity index (χ4v) is 2.15. The van der Waals surface area contributed by atoms with Crippen LogP contribution in [0.5, 0.6) is 0 Å². The number of rotatable bonds is 8. The highest BCUT2D eigenvalue weighted by Crippen LogP contribution is 2.28. The summed E-state index contributed by atoms with van der Waals surface area (Å²) >= 11 is 0. The molecule has 116 valence electrons. The third-order valence-corrected chi connectivity index (χ3v) is 3.11. The van der Waals surface area contributed by atoms with Crippen LogP contribution in [0.15, 0.2) is 38.0 Å². The first-order valence-electron chi connectivity index (χ1n) is 6.91. The highest BCUT2D eigenvalue weighted by atomic mass is 16.6. The highest BCUT2D eigenvalue weighted by molar-refractivity contribution is 5.70. The predicted octanol–water partition coefficient (Wildman–Crippen LogP) is 2.33. The van der Waals surface area contributed by atoms with E-state index in [-0.39, 0.29) is 12.4 Å². The lowest BCUT2D eigenvalue weighted by Crippen LogP contribution is -2.39. The predicted molar refractivity (Wildman–Crippen MR) is 78.5 cm³/mol. The minimum Gasteiger partial charge on any atom is -0.455 e. The van der Waals surface area contributed by atoms with Crippen LogP contribution < -0.4 is 0 Å². The maximum absolute atomic E-state index is 11.8.